The Morgan fingerprint density at radius 2 is 1.88 bits per heavy atom. The first-order valence-corrected chi connectivity index (χ1v) is 7.93. The summed E-state index contributed by atoms with van der Waals surface area (Å²) in [5.41, 5.74) is 4.60. The summed E-state index contributed by atoms with van der Waals surface area (Å²) in [6.07, 6.45) is 0. The zero-order valence-corrected chi connectivity index (χ0v) is 15.3. The Labute approximate surface area is 156 Å². The molecule has 136 valence electrons. The number of nitro groups is 1. The van der Waals surface area contributed by atoms with Crippen molar-refractivity contribution in [3.63, 3.8) is 0 Å². The number of hydrazone groups is 1. The predicted octanol–water partition coefficient (Wildman–Crippen LogP) is 3.32. The summed E-state index contributed by atoms with van der Waals surface area (Å²) in [7, 11) is 3.10. The lowest BCUT2D eigenvalue weighted by Crippen LogP contribution is -2.25. The summed E-state index contributed by atoms with van der Waals surface area (Å²) in [6.45, 7) is 1.73. The number of nitrogens with zero attached hydrogens (tertiary/aromatic N) is 2. The van der Waals surface area contributed by atoms with Crippen LogP contribution in [0, 0.1) is 10.1 Å². The highest BCUT2D eigenvalue weighted by Gasteiger charge is 2.08. The topological polar surface area (TPSA) is 98.0 Å². The fourth-order valence-electron chi connectivity index (χ4n) is 2.12. The van der Waals surface area contributed by atoms with Gasteiger partial charge in [0.15, 0.2) is 16.6 Å². The third kappa shape index (κ3) is 4.90. The largest absolute Gasteiger partial charge is 0.493 e. The van der Waals surface area contributed by atoms with Crippen molar-refractivity contribution in [2.24, 2.45) is 5.10 Å². The smallest absolute Gasteiger partial charge is 0.270 e. The number of ether oxygens (including phenoxy) is 2. The van der Waals surface area contributed by atoms with Crippen LogP contribution >= 0.6 is 12.2 Å². The van der Waals surface area contributed by atoms with E-state index in [4.69, 9.17) is 21.7 Å². The van der Waals surface area contributed by atoms with E-state index >= 15 is 0 Å². The molecule has 8 nitrogen and oxygen atoms in total. The number of non-ortho nitro benzene ring substituents is 1. The third-order valence-electron chi connectivity index (χ3n) is 3.44. The molecule has 0 saturated heterocycles. The number of methoxy groups -OCH3 is 2. The maximum absolute atomic E-state index is 10.8. The van der Waals surface area contributed by atoms with Crippen LogP contribution in [0.2, 0.25) is 0 Å². The minimum Gasteiger partial charge on any atom is -0.493 e. The second-order valence-corrected chi connectivity index (χ2v) is 5.55. The Kier molecular flexibility index (Phi) is 6.45. The molecule has 0 amide bonds. The van der Waals surface area contributed by atoms with E-state index in [9.17, 15) is 10.1 Å². The first-order chi connectivity index (χ1) is 12.4. The molecule has 0 unspecified atom stereocenters. The van der Waals surface area contributed by atoms with Crippen molar-refractivity contribution in [1.29, 1.82) is 0 Å². The van der Waals surface area contributed by atoms with Crippen molar-refractivity contribution >= 4 is 34.4 Å². The highest BCUT2D eigenvalue weighted by Crippen LogP contribution is 2.29. The molecule has 0 heterocycles. The molecule has 0 fully saturated rings. The summed E-state index contributed by atoms with van der Waals surface area (Å²) < 4.78 is 10.4. The fraction of sp³-hybridized carbons (Fsp3) is 0.176. The molecule has 9 heteroatoms. The Hall–Kier alpha value is -3.20. The first kappa shape index (κ1) is 19.1. The van der Waals surface area contributed by atoms with Gasteiger partial charge in [0, 0.05) is 29.4 Å². The maximum Gasteiger partial charge on any atom is 0.270 e. The van der Waals surface area contributed by atoms with Crippen LogP contribution in [-0.4, -0.2) is 30.0 Å². The van der Waals surface area contributed by atoms with Crippen molar-refractivity contribution in [2.75, 3.05) is 19.5 Å². The Balaban J connectivity index is 2.04. The molecule has 0 spiro atoms. The molecule has 0 aliphatic heterocycles. The van der Waals surface area contributed by atoms with Crippen LogP contribution in [0.25, 0.3) is 0 Å². The zero-order chi connectivity index (χ0) is 19.1. The summed E-state index contributed by atoms with van der Waals surface area (Å²) in [4.78, 5) is 10.4. The van der Waals surface area contributed by atoms with E-state index in [0.29, 0.717) is 28.5 Å². The lowest BCUT2D eigenvalue weighted by atomic mass is 10.1. The molecule has 0 aromatic heterocycles. The van der Waals surface area contributed by atoms with Gasteiger partial charge in [-0.05, 0) is 31.3 Å². The summed E-state index contributed by atoms with van der Waals surface area (Å²) in [5, 5.41) is 18.2. The normalized spacial score (nSPS) is 10.8. The summed E-state index contributed by atoms with van der Waals surface area (Å²) in [5.74, 6) is 1.17. The van der Waals surface area contributed by atoms with Gasteiger partial charge in [0.1, 0.15) is 0 Å². The highest BCUT2D eigenvalue weighted by molar-refractivity contribution is 7.80. The van der Waals surface area contributed by atoms with Crippen LogP contribution in [0.15, 0.2) is 47.6 Å². The Morgan fingerprint density at radius 1 is 1.15 bits per heavy atom. The molecule has 0 bridgehead atoms. The molecule has 2 rings (SSSR count). The Morgan fingerprint density at radius 3 is 2.54 bits per heavy atom. The second-order valence-electron chi connectivity index (χ2n) is 5.14. The zero-order valence-electron chi connectivity index (χ0n) is 14.5. The average Bonchev–Trinajstić information content (AvgIpc) is 2.66. The molecule has 0 atom stereocenters. The first-order valence-electron chi connectivity index (χ1n) is 7.52. The van der Waals surface area contributed by atoms with Crippen molar-refractivity contribution in [3.05, 3.63) is 58.1 Å². The van der Waals surface area contributed by atoms with Crippen LogP contribution in [-0.2, 0) is 0 Å². The number of nitro benzene ring substituents is 1. The fourth-order valence-corrected chi connectivity index (χ4v) is 2.28. The average molecular weight is 374 g/mol. The third-order valence-corrected chi connectivity index (χ3v) is 3.63. The molecular formula is C17H18N4O4S. The lowest BCUT2D eigenvalue weighted by Gasteiger charge is -2.11. The van der Waals surface area contributed by atoms with Gasteiger partial charge in [0.2, 0.25) is 0 Å². The van der Waals surface area contributed by atoms with E-state index in [-0.39, 0.29) is 10.8 Å². The van der Waals surface area contributed by atoms with E-state index in [1.165, 1.54) is 12.1 Å². The number of benzene rings is 2. The van der Waals surface area contributed by atoms with Gasteiger partial charge in [0.05, 0.1) is 24.9 Å². The van der Waals surface area contributed by atoms with Gasteiger partial charge in [-0.3, -0.25) is 15.5 Å². The van der Waals surface area contributed by atoms with Crippen molar-refractivity contribution in [2.45, 2.75) is 6.92 Å². The molecule has 26 heavy (non-hydrogen) atoms. The number of hydrogen-bond acceptors (Lipinski definition) is 6. The number of hydrogen-bond donors (Lipinski definition) is 2. The van der Waals surface area contributed by atoms with Gasteiger partial charge in [-0.1, -0.05) is 12.1 Å². The van der Waals surface area contributed by atoms with Crippen molar-refractivity contribution < 1.29 is 14.4 Å². The van der Waals surface area contributed by atoms with Gasteiger partial charge >= 0.3 is 0 Å². The van der Waals surface area contributed by atoms with Crippen molar-refractivity contribution in [3.8, 4) is 11.5 Å². The summed E-state index contributed by atoms with van der Waals surface area (Å²) >= 11 is 5.20. The van der Waals surface area contributed by atoms with Crippen LogP contribution in [0.5, 0.6) is 11.5 Å². The molecule has 0 aliphatic rings. The molecule has 2 N–H and O–H groups in total. The molecule has 0 saturated carbocycles. The van der Waals surface area contributed by atoms with Crippen LogP contribution in [0.3, 0.4) is 0 Å². The van der Waals surface area contributed by atoms with Gasteiger partial charge in [-0.15, -0.1) is 0 Å². The van der Waals surface area contributed by atoms with E-state index in [1.807, 2.05) is 0 Å². The standard InChI is InChI=1S/C17H18N4O4S/c1-11(12-5-4-6-14(9-12)21(22)23)19-20-17(26)18-13-7-8-15(24-2)16(10-13)25-3/h4-10H,1-3H3,(H2,18,20,26)/b19-11-. The van der Waals surface area contributed by atoms with E-state index in [0.717, 1.165) is 0 Å². The highest BCUT2D eigenvalue weighted by atomic mass is 32.1. The molecule has 2 aromatic carbocycles. The number of rotatable bonds is 6. The van der Waals surface area contributed by atoms with Gasteiger partial charge in [0.25, 0.3) is 5.69 Å². The predicted molar refractivity (Wildman–Crippen MR) is 104 cm³/mol. The van der Waals surface area contributed by atoms with Gasteiger partial charge in [-0.2, -0.15) is 5.10 Å². The van der Waals surface area contributed by atoms with Crippen LogP contribution < -0.4 is 20.2 Å². The number of thiocarbonyl (C=S) groups is 1. The molecular weight excluding hydrogens is 356 g/mol. The lowest BCUT2D eigenvalue weighted by molar-refractivity contribution is -0.384. The molecule has 2 aromatic rings. The van der Waals surface area contributed by atoms with E-state index in [1.54, 1.807) is 51.5 Å². The quantitative estimate of drug-likeness (QED) is 0.346. The van der Waals surface area contributed by atoms with E-state index in [2.05, 4.69) is 15.8 Å². The second kappa shape index (κ2) is 8.77. The molecule has 0 radical (unpaired) electrons. The minimum atomic E-state index is -0.451. The van der Waals surface area contributed by atoms with Crippen LogP contribution in [0.1, 0.15) is 12.5 Å². The SMILES string of the molecule is COc1ccc(NC(=S)N/N=C(/C)c2cccc([N+](=O)[O-])c2)cc1OC. The van der Waals surface area contributed by atoms with Gasteiger partial charge < -0.3 is 14.8 Å². The minimum absolute atomic E-state index is 0.00285. The van der Waals surface area contributed by atoms with Gasteiger partial charge in [-0.25, -0.2) is 0 Å². The number of nitrogens with one attached hydrogen (secondary N) is 2. The monoisotopic (exact) mass is 374 g/mol. The number of anilines is 1. The van der Waals surface area contributed by atoms with Crippen LogP contribution in [0.4, 0.5) is 11.4 Å². The van der Waals surface area contributed by atoms with Crippen molar-refractivity contribution in [1.82, 2.24) is 5.43 Å². The Bertz CT molecular complexity index is 854. The summed E-state index contributed by atoms with van der Waals surface area (Å²) in [6, 6.07) is 11.5. The molecule has 0 aliphatic carbocycles. The van der Waals surface area contributed by atoms with E-state index < -0.39 is 4.92 Å². The maximum atomic E-state index is 10.8.